The average Bonchev–Trinajstić information content (AvgIpc) is 2.69. The van der Waals surface area contributed by atoms with Crippen molar-refractivity contribution in [1.82, 2.24) is 10.3 Å². The van der Waals surface area contributed by atoms with Gasteiger partial charge < -0.3 is 0 Å². The minimum atomic E-state index is -0.196. The summed E-state index contributed by atoms with van der Waals surface area (Å²) in [6.07, 6.45) is 2.55. The predicted molar refractivity (Wildman–Crippen MR) is 79.0 cm³/mol. The van der Waals surface area contributed by atoms with Crippen LogP contribution in [0, 0.1) is 12.3 Å². The summed E-state index contributed by atoms with van der Waals surface area (Å²) in [5, 5.41) is 0. The van der Waals surface area contributed by atoms with Gasteiger partial charge in [0.25, 0.3) is 5.91 Å². The Hall–Kier alpha value is -0.910. The number of rotatable bonds is 3. The molecule has 1 aromatic rings. The number of nitrogen functional groups attached to an aromatic ring is 1. The number of carbonyl (C=O) groups excluding carboxylic acids is 1. The first kappa shape index (κ1) is 14.5. The van der Waals surface area contributed by atoms with Crippen molar-refractivity contribution in [2.24, 2.45) is 11.3 Å². The van der Waals surface area contributed by atoms with Crippen molar-refractivity contribution in [2.75, 3.05) is 13.1 Å². The molecular weight excluding hydrogens is 258 g/mol. The van der Waals surface area contributed by atoms with Crippen LogP contribution in [-0.2, 0) is 6.54 Å². The molecule has 0 aromatic carbocycles. The van der Waals surface area contributed by atoms with Crippen LogP contribution in [0.1, 0.15) is 46.8 Å². The minimum absolute atomic E-state index is 0.196. The summed E-state index contributed by atoms with van der Waals surface area (Å²) in [5.41, 5.74) is 3.85. The zero-order chi connectivity index (χ0) is 14.0. The topological polar surface area (TPSA) is 58.4 Å². The van der Waals surface area contributed by atoms with Gasteiger partial charge in [-0.15, -0.1) is 11.3 Å². The zero-order valence-corrected chi connectivity index (χ0v) is 12.8. The van der Waals surface area contributed by atoms with Gasteiger partial charge in [-0.25, -0.2) is 5.84 Å². The lowest BCUT2D eigenvalue weighted by molar-refractivity contribution is 0.0957. The molecule has 0 saturated carbocycles. The maximum Gasteiger partial charge on any atom is 0.275 e. The van der Waals surface area contributed by atoms with Crippen LogP contribution in [0.3, 0.4) is 0 Å². The third-order valence-electron chi connectivity index (χ3n) is 3.75. The van der Waals surface area contributed by atoms with E-state index in [2.05, 4.69) is 31.1 Å². The van der Waals surface area contributed by atoms with Gasteiger partial charge in [0.15, 0.2) is 0 Å². The number of aryl methyl sites for hydroxylation is 1. The fraction of sp³-hybridized carbons (Fsp3) is 0.643. The summed E-state index contributed by atoms with van der Waals surface area (Å²) in [6, 6.07) is 1.98. The van der Waals surface area contributed by atoms with Crippen LogP contribution in [0.15, 0.2) is 6.07 Å². The fourth-order valence-corrected chi connectivity index (χ4v) is 3.72. The summed E-state index contributed by atoms with van der Waals surface area (Å²) in [7, 11) is 0. The van der Waals surface area contributed by atoms with Gasteiger partial charge in [-0.05, 0) is 43.4 Å². The lowest BCUT2D eigenvalue weighted by atomic mass is 9.84. The maximum absolute atomic E-state index is 11.5. The molecule has 0 bridgehead atoms. The highest BCUT2D eigenvalue weighted by molar-refractivity contribution is 7.14. The molecule has 1 fully saturated rings. The predicted octanol–water partition coefficient (Wildman–Crippen LogP) is 2.28. The van der Waals surface area contributed by atoms with Crippen molar-refractivity contribution in [3.63, 3.8) is 0 Å². The molecule has 1 saturated heterocycles. The molecule has 19 heavy (non-hydrogen) atoms. The van der Waals surface area contributed by atoms with Crippen molar-refractivity contribution in [3.8, 4) is 0 Å². The maximum atomic E-state index is 11.5. The number of hydrogen-bond donors (Lipinski definition) is 2. The Morgan fingerprint density at radius 2 is 2.32 bits per heavy atom. The number of nitrogens with one attached hydrogen (secondary N) is 1. The number of amides is 1. The molecule has 0 radical (unpaired) electrons. The van der Waals surface area contributed by atoms with Crippen LogP contribution < -0.4 is 11.3 Å². The number of hydrazine groups is 1. The molecule has 0 unspecified atom stereocenters. The van der Waals surface area contributed by atoms with Crippen LogP contribution in [0.5, 0.6) is 0 Å². The van der Waals surface area contributed by atoms with Gasteiger partial charge in [-0.2, -0.15) is 0 Å². The molecule has 1 aliphatic heterocycles. The van der Waals surface area contributed by atoms with Gasteiger partial charge in [0.2, 0.25) is 0 Å². The smallest absolute Gasteiger partial charge is 0.275 e. The van der Waals surface area contributed by atoms with Gasteiger partial charge in [0.1, 0.15) is 0 Å². The molecule has 0 spiro atoms. The Morgan fingerprint density at radius 1 is 1.58 bits per heavy atom. The lowest BCUT2D eigenvalue weighted by Gasteiger charge is -2.38. The van der Waals surface area contributed by atoms with Crippen molar-refractivity contribution < 1.29 is 4.79 Å². The monoisotopic (exact) mass is 281 g/mol. The van der Waals surface area contributed by atoms with E-state index < -0.39 is 0 Å². The van der Waals surface area contributed by atoms with Crippen LogP contribution in [0.25, 0.3) is 0 Å². The Labute approximate surface area is 118 Å². The van der Waals surface area contributed by atoms with E-state index in [9.17, 15) is 4.79 Å². The van der Waals surface area contributed by atoms with Crippen LogP contribution in [0.2, 0.25) is 0 Å². The Morgan fingerprint density at radius 3 is 2.95 bits per heavy atom. The molecule has 1 aliphatic rings. The summed E-state index contributed by atoms with van der Waals surface area (Å²) in [5.74, 6) is 4.98. The molecule has 3 N–H and O–H groups in total. The van der Waals surface area contributed by atoms with Gasteiger partial charge in [0, 0.05) is 18.0 Å². The molecule has 4 nitrogen and oxygen atoms in total. The second-order valence-electron chi connectivity index (χ2n) is 6.14. The highest BCUT2D eigenvalue weighted by atomic mass is 32.1. The largest absolute Gasteiger partial charge is 0.299 e. The third kappa shape index (κ3) is 3.55. The summed E-state index contributed by atoms with van der Waals surface area (Å²) in [6.45, 7) is 9.93. The first-order valence-electron chi connectivity index (χ1n) is 6.74. The van der Waals surface area contributed by atoms with Crippen molar-refractivity contribution >= 4 is 17.2 Å². The highest BCUT2D eigenvalue weighted by Crippen LogP contribution is 2.30. The first-order chi connectivity index (χ1) is 8.91. The average molecular weight is 281 g/mol. The van der Waals surface area contributed by atoms with E-state index in [4.69, 9.17) is 5.84 Å². The highest BCUT2D eigenvalue weighted by Gasteiger charge is 2.26. The molecule has 1 amide bonds. The summed E-state index contributed by atoms with van der Waals surface area (Å²) in [4.78, 5) is 15.9. The number of thiophene rings is 1. The van der Waals surface area contributed by atoms with Crippen molar-refractivity contribution in [2.45, 2.75) is 40.2 Å². The van der Waals surface area contributed by atoms with Crippen molar-refractivity contribution in [3.05, 3.63) is 21.4 Å². The second kappa shape index (κ2) is 5.61. The molecule has 1 aromatic heterocycles. The number of piperidine rings is 1. The normalized spacial score (nSPS) is 19.4. The Bertz CT molecular complexity index is 467. The van der Waals surface area contributed by atoms with E-state index in [0.717, 1.165) is 19.6 Å². The number of likely N-dealkylation sites (tertiary alicyclic amines) is 1. The number of nitrogens with two attached hydrogens (primary N) is 1. The van der Waals surface area contributed by atoms with Gasteiger partial charge in [0.05, 0.1) is 4.88 Å². The zero-order valence-electron chi connectivity index (χ0n) is 12.0. The van der Waals surface area contributed by atoms with E-state index in [0.29, 0.717) is 10.3 Å². The quantitative estimate of drug-likeness (QED) is 0.508. The minimum Gasteiger partial charge on any atom is -0.299 e. The molecule has 2 rings (SSSR count). The third-order valence-corrected chi connectivity index (χ3v) is 4.84. The van der Waals surface area contributed by atoms with Crippen LogP contribution >= 0.6 is 11.3 Å². The molecule has 0 atom stereocenters. The molecule has 106 valence electrons. The Balaban J connectivity index is 2.07. The van der Waals surface area contributed by atoms with Crippen LogP contribution in [-0.4, -0.2) is 23.9 Å². The lowest BCUT2D eigenvalue weighted by Crippen LogP contribution is -2.39. The van der Waals surface area contributed by atoms with E-state index in [1.807, 2.05) is 6.07 Å². The number of nitrogens with zero attached hydrogens (tertiary/aromatic N) is 1. The summed E-state index contributed by atoms with van der Waals surface area (Å²) >= 11 is 1.52. The van der Waals surface area contributed by atoms with Crippen molar-refractivity contribution in [1.29, 1.82) is 0 Å². The van der Waals surface area contributed by atoms with Crippen LogP contribution in [0.4, 0.5) is 0 Å². The molecule has 0 aliphatic carbocycles. The van der Waals surface area contributed by atoms with E-state index in [1.54, 1.807) is 0 Å². The van der Waals surface area contributed by atoms with E-state index in [-0.39, 0.29) is 5.91 Å². The number of hydrogen-bond acceptors (Lipinski definition) is 4. The summed E-state index contributed by atoms with van der Waals surface area (Å²) < 4.78 is 0. The molecule has 5 heteroatoms. The second-order valence-corrected chi connectivity index (χ2v) is 7.40. The molecular formula is C14H23N3OS. The Kier molecular flexibility index (Phi) is 4.28. The van der Waals surface area contributed by atoms with E-state index >= 15 is 0 Å². The SMILES string of the molecule is Cc1sc(C(=O)NN)cc1CN1CCCC(C)(C)C1. The van der Waals surface area contributed by atoms with Gasteiger partial charge in [-0.3, -0.25) is 15.1 Å². The number of carbonyl (C=O) groups is 1. The van der Waals surface area contributed by atoms with Gasteiger partial charge >= 0.3 is 0 Å². The standard InChI is InChI=1S/C14H23N3OS/c1-10-11(7-12(19-10)13(18)16-15)8-17-6-4-5-14(2,3)9-17/h7H,4-6,8-9,15H2,1-3H3,(H,16,18). The fourth-order valence-electron chi connectivity index (χ4n) is 2.78. The van der Waals surface area contributed by atoms with E-state index in [1.165, 1.54) is 34.6 Å². The first-order valence-corrected chi connectivity index (χ1v) is 7.55. The molecule has 2 heterocycles. The van der Waals surface area contributed by atoms with Gasteiger partial charge in [-0.1, -0.05) is 13.8 Å².